The fourth-order valence-electron chi connectivity index (χ4n) is 1.69. The van der Waals surface area contributed by atoms with Gasteiger partial charge in [0.25, 0.3) is 0 Å². The fourth-order valence-corrected chi connectivity index (χ4v) is 1.69. The second-order valence-electron chi connectivity index (χ2n) is 5.07. The summed E-state index contributed by atoms with van der Waals surface area (Å²) in [4.78, 5) is 22.4. The molecule has 0 saturated heterocycles. The summed E-state index contributed by atoms with van der Waals surface area (Å²) in [5, 5.41) is 22.5. The third-order valence-electron chi connectivity index (χ3n) is 2.54. The molecule has 1 rings (SSSR count). The Morgan fingerprint density at radius 3 is 2.40 bits per heavy atom. The molecule has 106 valence electrons. The highest BCUT2D eigenvalue weighted by molar-refractivity contribution is 5.90. The van der Waals surface area contributed by atoms with E-state index >= 15 is 0 Å². The Morgan fingerprint density at radius 2 is 1.90 bits per heavy atom. The molecule has 0 unspecified atom stereocenters. The van der Waals surface area contributed by atoms with Crippen LogP contribution in [0.1, 0.15) is 25.8 Å². The highest BCUT2D eigenvalue weighted by Crippen LogP contribution is 2.12. The Labute approximate surface area is 117 Å². The third kappa shape index (κ3) is 5.40. The standard InChI is InChI=1S/C14H17N3O3/c1-14(2,9-12(18)19)17-13(20)16-11-5-3-10(4-6-11)7-8-15/h3-6H,7,9H2,1-2H3,(H,18,19)(H2,16,17,20). The van der Waals surface area contributed by atoms with Crippen molar-refractivity contribution in [2.24, 2.45) is 0 Å². The Morgan fingerprint density at radius 1 is 1.30 bits per heavy atom. The number of carboxylic acid groups (broad SMARTS) is 1. The van der Waals surface area contributed by atoms with E-state index in [-0.39, 0.29) is 6.42 Å². The van der Waals surface area contributed by atoms with Crippen LogP contribution in [0.25, 0.3) is 0 Å². The van der Waals surface area contributed by atoms with E-state index in [1.54, 1.807) is 38.1 Å². The molecule has 0 atom stereocenters. The Bertz CT molecular complexity index is 530. The maximum absolute atomic E-state index is 11.8. The van der Waals surface area contributed by atoms with Gasteiger partial charge in [0, 0.05) is 11.2 Å². The molecule has 0 aliphatic carbocycles. The van der Waals surface area contributed by atoms with Gasteiger partial charge in [-0.25, -0.2) is 4.79 Å². The van der Waals surface area contributed by atoms with Crippen molar-refractivity contribution < 1.29 is 14.7 Å². The first-order valence-corrected chi connectivity index (χ1v) is 6.09. The molecule has 0 saturated carbocycles. The van der Waals surface area contributed by atoms with Gasteiger partial charge in [-0.2, -0.15) is 5.26 Å². The number of aliphatic carboxylic acids is 1. The fraction of sp³-hybridized carbons (Fsp3) is 0.357. The van der Waals surface area contributed by atoms with Gasteiger partial charge in [-0.05, 0) is 31.5 Å². The Kier molecular flexibility index (Phi) is 5.09. The van der Waals surface area contributed by atoms with Crippen LogP contribution in [0, 0.1) is 11.3 Å². The number of hydrogen-bond acceptors (Lipinski definition) is 3. The lowest BCUT2D eigenvalue weighted by Crippen LogP contribution is -2.46. The molecule has 6 nitrogen and oxygen atoms in total. The van der Waals surface area contributed by atoms with Gasteiger partial charge in [-0.3, -0.25) is 4.79 Å². The molecule has 6 heteroatoms. The number of rotatable bonds is 5. The van der Waals surface area contributed by atoms with Crippen molar-refractivity contribution in [3.63, 3.8) is 0 Å². The van der Waals surface area contributed by atoms with Crippen LogP contribution in [0.4, 0.5) is 10.5 Å². The molecular weight excluding hydrogens is 258 g/mol. The second-order valence-corrected chi connectivity index (χ2v) is 5.07. The van der Waals surface area contributed by atoms with Crippen molar-refractivity contribution in [2.75, 3.05) is 5.32 Å². The minimum atomic E-state index is -0.976. The van der Waals surface area contributed by atoms with Crippen LogP contribution in [-0.2, 0) is 11.2 Å². The lowest BCUT2D eigenvalue weighted by molar-refractivity contribution is -0.138. The quantitative estimate of drug-likeness (QED) is 0.765. The van der Waals surface area contributed by atoms with Gasteiger partial charge >= 0.3 is 12.0 Å². The van der Waals surface area contributed by atoms with Crippen LogP contribution in [0.15, 0.2) is 24.3 Å². The molecule has 1 aromatic rings. The smallest absolute Gasteiger partial charge is 0.319 e. The zero-order valence-electron chi connectivity index (χ0n) is 11.4. The summed E-state index contributed by atoms with van der Waals surface area (Å²) in [5.74, 6) is -0.976. The number of urea groups is 1. The summed E-state index contributed by atoms with van der Waals surface area (Å²) < 4.78 is 0. The van der Waals surface area contributed by atoms with E-state index < -0.39 is 17.5 Å². The summed E-state index contributed by atoms with van der Waals surface area (Å²) in [6.07, 6.45) is 0.152. The molecule has 1 aromatic carbocycles. The van der Waals surface area contributed by atoms with Crippen molar-refractivity contribution in [3.05, 3.63) is 29.8 Å². The molecule has 0 aromatic heterocycles. The normalized spacial score (nSPS) is 10.4. The molecular formula is C14H17N3O3. The highest BCUT2D eigenvalue weighted by Gasteiger charge is 2.23. The van der Waals surface area contributed by atoms with Crippen molar-refractivity contribution >= 4 is 17.7 Å². The summed E-state index contributed by atoms with van der Waals surface area (Å²) in [5.41, 5.74) is 0.608. The maximum Gasteiger partial charge on any atom is 0.319 e. The van der Waals surface area contributed by atoms with E-state index in [1.165, 1.54) is 0 Å². The van der Waals surface area contributed by atoms with Crippen LogP contribution in [0.2, 0.25) is 0 Å². The number of hydrogen-bond donors (Lipinski definition) is 3. The van der Waals surface area contributed by atoms with E-state index in [0.29, 0.717) is 12.1 Å². The van der Waals surface area contributed by atoms with Crippen LogP contribution < -0.4 is 10.6 Å². The van der Waals surface area contributed by atoms with Crippen molar-refractivity contribution in [1.82, 2.24) is 5.32 Å². The minimum Gasteiger partial charge on any atom is -0.481 e. The zero-order chi connectivity index (χ0) is 15.2. The second kappa shape index (κ2) is 6.57. The van der Waals surface area contributed by atoms with E-state index in [1.807, 2.05) is 6.07 Å². The van der Waals surface area contributed by atoms with Gasteiger partial charge in [-0.15, -0.1) is 0 Å². The summed E-state index contributed by atoms with van der Waals surface area (Å²) >= 11 is 0. The molecule has 0 spiro atoms. The van der Waals surface area contributed by atoms with E-state index in [9.17, 15) is 9.59 Å². The highest BCUT2D eigenvalue weighted by atomic mass is 16.4. The number of carbonyl (C=O) groups is 2. The molecule has 3 N–H and O–H groups in total. The predicted octanol–water partition coefficient (Wildman–Crippen LogP) is 2.13. The number of amides is 2. The summed E-state index contributed by atoms with van der Waals surface area (Å²) in [6.45, 7) is 3.27. The first-order valence-electron chi connectivity index (χ1n) is 6.09. The first-order chi connectivity index (χ1) is 9.32. The van der Waals surface area contributed by atoms with Crippen LogP contribution in [0.3, 0.4) is 0 Å². The monoisotopic (exact) mass is 275 g/mol. The zero-order valence-corrected chi connectivity index (χ0v) is 11.4. The number of carbonyl (C=O) groups excluding carboxylic acids is 1. The van der Waals surface area contributed by atoms with Gasteiger partial charge in [0.1, 0.15) is 0 Å². The van der Waals surface area contributed by atoms with Crippen LogP contribution >= 0.6 is 0 Å². The molecule has 20 heavy (non-hydrogen) atoms. The predicted molar refractivity (Wildman–Crippen MR) is 74.2 cm³/mol. The van der Waals surface area contributed by atoms with E-state index in [2.05, 4.69) is 10.6 Å². The van der Waals surface area contributed by atoms with Crippen molar-refractivity contribution in [3.8, 4) is 6.07 Å². The summed E-state index contributed by atoms with van der Waals surface area (Å²) in [7, 11) is 0. The lowest BCUT2D eigenvalue weighted by atomic mass is 10.0. The van der Waals surface area contributed by atoms with Gasteiger partial charge < -0.3 is 15.7 Å². The largest absolute Gasteiger partial charge is 0.481 e. The number of anilines is 1. The Balaban J connectivity index is 2.58. The van der Waals surface area contributed by atoms with E-state index in [4.69, 9.17) is 10.4 Å². The van der Waals surface area contributed by atoms with Crippen LogP contribution in [0.5, 0.6) is 0 Å². The number of benzene rings is 1. The SMILES string of the molecule is CC(C)(CC(=O)O)NC(=O)Nc1ccc(CC#N)cc1. The molecule has 0 aliphatic rings. The van der Waals surface area contributed by atoms with Crippen molar-refractivity contribution in [1.29, 1.82) is 5.26 Å². The number of nitrogens with one attached hydrogen (secondary N) is 2. The topological polar surface area (TPSA) is 102 Å². The van der Waals surface area contributed by atoms with Gasteiger partial charge in [0.15, 0.2) is 0 Å². The molecule has 0 bridgehead atoms. The van der Waals surface area contributed by atoms with Crippen molar-refractivity contribution in [2.45, 2.75) is 32.2 Å². The average molecular weight is 275 g/mol. The number of carboxylic acids is 1. The lowest BCUT2D eigenvalue weighted by Gasteiger charge is -2.24. The molecule has 0 radical (unpaired) electrons. The number of nitriles is 1. The van der Waals surface area contributed by atoms with E-state index in [0.717, 1.165) is 5.56 Å². The maximum atomic E-state index is 11.8. The first kappa shape index (κ1) is 15.5. The van der Waals surface area contributed by atoms with Gasteiger partial charge in [-0.1, -0.05) is 12.1 Å². The molecule has 2 amide bonds. The number of nitrogens with zero attached hydrogens (tertiary/aromatic N) is 1. The van der Waals surface area contributed by atoms with Gasteiger partial charge in [0.2, 0.25) is 0 Å². The average Bonchev–Trinajstić information content (AvgIpc) is 2.29. The molecule has 0 fully saturated rings. The molecule has 0 heterocycles. The van der Waals surface area contributed by atoms with Gasteiger partial charge in [0.05, 0.1) is 18.9 Å². The van der Waals surface area contributed by atoms with Crippen LogP contribution in [-0.4, -0.2) is 22.6 Å². The summed E-state index contributed by atoms with van der Waals surface area (Å²) in [6, 6.07) is 8.45. The third-order valence-corrected chi connectivity index (χ3v) is 2.54. The minimum absolute atomic E-state index is 0.165. The Hall–Kier alpha value is -2.55. The molecule has 0 aliphatic heterocycles.